The third kappa shape index (κ3) is 6.95. The quantitative estimate of drug-likeness (QED) is 0.275. The number of aromatic nitrogens is 2. The lowest BCUT2D eigenvalue weighted by atomic mass is 10.1. The highest BCUT2D eigenvalue weighted by Gasteiger charge is 2.22. The van der Waals surface area contributed by atoms with Crippen molar-refractivity contribution < 1.29 is 4.79 Å². The summed E-state index contributed by atoms with van der Waals surface area (Å²) in [4.78, 5) is 16.8. The van der Waals surface area contributed by atoms with Gasteiger partial charge in [-0.3, -0.25) is 14.5 Å². The molecule has 0 radical (unpaired) electrons. The second-order valence-electron chi connectivity index (χ2n) is 8.62. The van der Waals surface area contributed by atoms with Gasteiger partial charge in [0, 0.05) is 44.0 Å². The van der Waals surface area contributed by atoms with Crippen LogP contribution in [0.25, 0.3) is 0 Å². The Labute approximate surface area is 208 Å². The Hall–Kier alpha value is -2.10. The number of amides is 1. The summed E-state index contributed by atoms with van der Waals surface area (Å²) < 4.78 is 1.93. The van der Waals surface area contributed by atoms with E-state index < -0.39 is 0 Å². The first-order chi connectivity index (χ1) is 14.9. The molecule has 0 spiro atoms. The molecule has 2 aromatic rings. The molecule has 0 saturated heterocycles. The number of nitrogens with zero attached hydrogens (tertiary/aromatic N) is 3. The number of hydrogen-bond acceptors (Lipinski definition) is 3. The van der Waals surface area contributed by atoms with Gasteiger partial charge in [0.15, 0.2) is 5.96 Å². The van der Waals surface area contributed by atoms with E-state index in [0.29, 0.717) is 6.54 Å². The van der Waals surface area contributed by atoms with Gasteiger partial charge in [-0.1, -0.05) is 25.0 Å². The van der Waals surface area contributed by atoms with Crippen LogP contribution in [0.4, 0.5) is 5.69 Å². The van der Waals surface area contributed by atoms with Crippen LogP contribution in [0.3, 0.4) is 0 Å². The van der Waals surface area contributed by atoms with Gasteiger partial charge in [-0.25, -0.2) is 0 Å². The van der Waals surface area contributed by atoms with Crippen molar-refractivity contribution in [2.45, 2.75) is 65.5 Å². The number of anilines is 1. The van der Waals surface area contributed by atoms with Gasteiger partial charge in [0.2, 0.25) is 5.91 Å². The number of benzene rings is 1. The summed E-state index contributed by atoms with van der Waals surface area (Å²) in [6, 6.07) is 8.22. The zero-order valence-corrected chi connectivity index (χ0v) is 22.2. The van der Waals surface area contributed by atoms with Crippen LogP contribution in [0, 0.1) is 19.8 Å². The highest BCUT2D eigenvalue weighted by Crippen LogP contribution is 2.26. The van der Waals surface area contributed by atoms with Gasteiger partial charge < -0.3 is 16.0 Å². The van der Waals surface area contributed by atoms with E-state index in [2.05, 4.69) is 52.9 Å². The molecule has 1 unspecified atom stereocenters. The molecule has 1 aromatic heterocycles. The van der Waals surface area contributed by atoms with E-state index in [1.807, 2.05) is 29.9 Å². The molecule has 32 heavy (non-hydrogen) atoms. The molecule has 176 valence electrons. The molecule has 1 aliphatic rings. The van der Waals surface area contributed by atoms with Crippen molar-refractivity contribution in [1.82, 2.24) is 20.4 Å². The average molecular weight is 553 g/mol. The monoisotopic (exact) mass is 552 g/mol. The molecule has 1 aromatic carbocycles. The van der Waals surface area contributed by atoms with Gasteiger partial charge in [0.1, 0.15) is 0 Å². The van der Waals surface area contributed by atoms with Crippen LogP contribution in [-0.2, 0) is 24.8 Å². The van der Waals surface area contributed by atoms with Crippen molar-refractivity contribution in [2.75, 3.05) is 12.4 Å². The molecule has 3 N–H and O–H groups in total. The molecule has 3 rings (SSSR count). The Morgan fingerprint density at radius 2 is 2.00 bits per heavy atom. The molecule has 8 heteroatoms. The highest BCUT2D eigenvalue weighted by atomic mass is 127. The van der Waals surface area contributed by atoms with Gasteiger partial charge in [0.25, 0.3) is 0 Å². The summed E-state index contributed by atoms with van der Waals surface area (Å²) >= 11 is 0. The number of carbonyl (C=O) groups is 1. The van der Waals surface area contributed by atoms with E-state index in [-0.39, 0.29) is 41.8 Å². The molecule has 1 aliphatic carbocycles. The molecule has 1 saturated carbocycles. The van der Waals surface area contributed by atoms with Gasteiger partial charge >= 0.3 is 0 Å². The van der Waals surface area contributed by atoms with Crippen LogP contribution in [0.5, 0.6) is 0 Å². The number of carbonyl (C=O) groups excluding carboxylic acids is 1. The summed E-state index contributed by atoms with van der Waals surface area (Å²) in [5.74, 6) is 1.07. The molecular formula is C24H37IN6O. The summed E-state index contributed by atoms with van der Waals surface area (Å²) in [6.45, 7) is 6.94. The zero-order valence-electron chi connectivity index (χ0n) is 19.9. The summed E-state index contributed by atoms with van der Waals surface area (Å²) in [5.41, 5.74) is 5.51. The molecule has 1 fully saturated rings. The maximum atomic E-state index is 12.4. The Morgan fingerprint density at radius 3 is 2.62 bits per heavy atom. The zero-order chi connectivity index (χ0) is 22.4. The number of aliphatic imine (C=N–C) groups is 1. The molecule has 1 amide bonds. The lowest BCUT2D eigenvalue weighted by Crippen LogP contribution is -2.42. The van der Waals surface area contributed by atoms with Gasteiger partial charge in [-0.05, 0) is 63.3 Å². The minimum Gasteiger partial charge on any atom is -0.354 e. The molecule has 0 aliphatic heterocycles. The lowest BCUT2D eigenvalue weighted by molar-refractivity contribution is -0.119. The molecule has 0 bridgehead atoms. The fraction of sp³-hybridized carbons (Fsp3) is 0.542. The minimum atomic E-state index is 0. The Kier molecular flexibility index (Phi) is 9.99. The van der Waals surface area contributed by atoms with Crippen LogP contribution in [0.15, 0.2) is 29.3 Å². The smallest absolute Gasteiger partial charge is 0.227 e. The van der Waals surface area contributed by atoms with Gasteiger partial charge in [-0.2, -0.15) is 5.10 Å². The predicted octanol–water partition coefficient (Wildman–Crippen LogP) is 4.08. The van der Waals surface area contributed by atoms with Crippen LogP contribution < -0.4 is 16.0 Å². The lowest BCUT2D eigenvalue weighted by Gasteiger charge is -2.18. The minimum absolute atomic E-state index is 0. The number of guanidine groups is 1. The van der Waals surface area contributed by atoms with E-state index >= 15 is 0 Å². The van der Waals surface area contributed by atoms with E-state index in [1.165, 1.54) is 11.3 Å². The predicted molar refractivity (Wildman–Crippen MR) is 142 cm³/mol. The fourth-order valence-electron chi connectivity index (χ4n) is 4.28. The van der Waals surface area contributed by atoms with Crippen molar-refractivity contribution in [3.63, 3.8) is 0 Å². The highest BCUT2D eigenvalue weighted by molar-refractivity contribution is 14.0. The van der Waals surface area contributed by atoms with Crippen LogP contribution in [-0.4, -0.2) is 34.7 Å². The Morgan fingerprint density at radius 1 is 1.28 bits per heavy atom. The summed E-state index contributed by atoms with van der Waals surface area (Å²) in [5, 5.41) is 14.4. The molecule has 1 atom stereocenters. The number of halogens is 1. The van der Waals surface area contributed by atoms with Crippen molar-refractivity contribution >= 4 is 41.5 Å². The number of rotatable bonds is 7. The third-order valence-corrected chi connectivity index (χ3v) is 6.16. The van der Waals surface area contributed by atoms with Gasteiger partial charge in [-0.15, -0.1) is 24.0 Å². The van der Waals surface area contributed by atoms with Crippen LogP contribution >= 0.6 is 24.0 Å². The van der Waals surface area contributed by atoms with E-state index in [1.54, 1.807) is 7.05 Å². The van der Waals surface area contributed by atoms with Gasteiger partial charge in [0.05, 0.1) is 5.69 Å². The average Bonchev–Trinajstić information content (AvgIpc) is 3.36. The second-order valence-corrected chi connectivity index (χ2v) is 8.62. The normalized spacial score (nSPS) is 15.2. The third-order valence-electron chi connectivity index (χ3n) is 6.16. The number of nitrogens with one attached hydrogen (secondary N) is 3. The summed E-state index contributed by atoms with van der Waals surface area (Å²) in [6.07, 6.45) is 5.21. The van der Waals surface area contributed by atoms with Crippen molar-refractivity contribution in [2.24, 2.45) is 18.0 Å². The summed E-state index contributed by atoms with van der Waals surface area (Å²) in [7, 11) is 3.76. The van der Waals surface area contributed by atoms with E-state index in [4.69, 9.17) is 0 Å². The Bertz CT molecular complexity index is 933. The fourth-order valence-corrected chi connectivity index (χ4v) is 4.28. The van der Waals surface area contributed by atoms with Crippen molar-refractivity contribution in [1.29, 1.82) is 0 Å². The largest absolute Gasteiger partial charge is 0.354 e. The number of hydrogen-bond donors (Lipinski definition) is 3. The van der Waals surface area contributed by atoms with Crippen LogP contribution in [0.1, 0.15) is 55.1 Å². The molecule has 1 heterocycles. The first-order valence-electron chi connectivity index (χ1n) is 11.2. The number of aryl methyl sites for hydroxylation is 2. The molecular weight excluding hydrogens is 515 g/mol. The topological polar surface area (TPSA) is 83.3 Å². The van der Waals surface area contributed by atoms with E-state index in [0.717, 1.165) is 55.0 Å². The van der Waals surface area contributed by atoms with E-state index in [9.17, 15) is 4.79 Å². The SMILES string of the molecule is CN=C(NCc1cccc(NC(=O)C2CCCC2)c1)NC(C)Cc1c(C)nn(C)c1C.I. The maximum Gasteiger partial charge on any atom is 0.227 e. The standard InChI is InChI=1S/C24H36N6O.HI/c1-16(13-22-17(2)29-30(5)18(22)3)27-24(25-4)26-15-19-9-8-12-21(14-19)28-23(31)20-10-6-7-11-20;/h8-9,12,14,16,20H,6-7,10-11,13,15H2,1-5H3,(H,28,31)(H2,25,26,27);1H. The van der Waals surface area contributed by atoms with Crippen molar-refractivity contribution in [3.05, 3.63) is 46.8 Å². The Balaban J connectivity index is 0.00000363. The maximum absolute atomic E-state index is 12.4. The first-order valence-corrected chi connectivity index (χ1v) is 11.2. The van der Waals surface area contributed by atoms with Crippen molar-refractivity contribution in [3.8, 4) is 0 Å². The molecule has 7 nitrogen and oxygen atoms in total. The first kappa shape index (κ1) is 26.2. The second kappa shape index (κ2) is 12.2. The van der Waals surface area contributed by atoms with Crippen LogP contribution in [0.2, 0.25) is 0 Å².